The number of aromatic nitrogens is 4. The average molecular weight is 1000 g/mol. The van der Waals surface area contributed by atoms with E-state index in [1.54, 1.807) is 94.9 Å². The second kappa shape index (κ2) is 18.9. The highest BCUT2D eigenvalue weighted by Crippen LogP contribution is 2.42. The number of nitrogens with zero attached hydrogens (tertiary/aromatic N) is 4. The van der Waals surface area contributed by atoms with Crippen LogP contribution in [0.5, 0.6) is 5.75 Å². The van der Waals surface area contributed by atoms with Gasteiger partial charge in [-0.25, -0.2) is 29.1 Å². The number of carbonyl (C=O) groups excluding carboxylic acids is 4. The molecular formula is C55H60N4O14. The minimum absolute atomic E-state index is 0.110. The highest BCUT2D eigenvalue weighted by molar-refractivity contribution is 5.91. The van der Waals surface area contributed by atoms with E-state index in [1.807, 2.05) is 19.1 Å². The molecule has 3 N–H and O–H groups in total. The highest BCUT2D eigenvalue weighted by atomic mass is 16.8. The van der Waals surface area contributed by atoms with E-state index >= 15 is 0 Å². The Hall–Kier alpha value is -7.44. The van der Waals surface area contributed by atoms with Crippen molar-refractivity contribution in [1.82, 2.24) is 19.1 Å². The van der Waals surface area contributed by atoms with Gasteiger partial charge in [-0.15, -0.1) is 0 Å². The van der Waals surface area contributed by atoms with Crippen molar-refractivity contribution in [1.29, 1.82) is 0 Å². The zero-order valence-electron chi connectivity index (χ0n) is 42.9. The smallest absolute Gasteiger partial charge is 0.508 e. The van der Waals surface area contributed by atoms with Gasteiger partial charge in [0.2, 0.25) is 0 Å². The van der Waals surface area contributed by atoms with Crippen LogP contribution in [0.2, 0.25) is 0 Å². The number of phenols is 1. The summed E-state index contributed by atoms with van der Waals surface area (Å²) in [5.41, 5.74) is 5.45. The number of rotatable bonds is 4. The maximum absolute atomic E-state index is 13.3. The summed E-state index contributed by atoms with van der Waals surface area (Å²) in [6.45, 7) is 20.1. The van der Waals surface area contributed by atoms with Crippen LogP contribution in [0.4, 0.5) is 9.59 Å². The van der Waals surface area contributed by atoms with Crippen molar-refractivity contribution >= 4 is 46.1 Å². The van der Waals surface area contributed by atoms with Crippen LogP contribution in [0, 0.1) is 6.92 Å². The molecule has 384 valence electrons. The number of fused-ring (bicyclic) bond motifs is 10. The quantitative estimate of drug-likeness (QED) is 0.0855. The predicted molar refractivity (Wildman–Crippen MR) is 268 cm³/mol. The number of aryl methyl sites for hydroxylation is 3. The molecule has 0 spiro atoms. The lowest BCUT2D eigenvalue weighted by atomic mass is 9.86. The number of hydrogen-bond acceptors (Lipinski definition) is 16. The van der Waals surface area contributed by atoms with Gasteiger partial charge in [0.25, 0.3) is 11.1 Å². The van der Waals surface area contributed by atoms with E-state index < -0.39 is 46.7 Å². The normalized spacial score (nSPS) is 18.0. The lowest BCUT2D eigenvalue weighted by Gasteiger charge is -2.31. The molecular weight excluding hydrogens is 941 g/mol. The lowest BCUT2D eigenvalue weighted by Crippen LogP contribution is -2.44. The van der Waals surface area contributed by atoms with E-state index in [-0.39, 0.29) is 42.9 Å². The van der Waals surface area contributed by atoms with Crippen LogP contribution in [0.25, 0.3) is 44.6 Å². The monoisotopic (exact) mass is 1000 g/mol. The first kappa shape index (κ1) is 51.9. The molecule has 0 bridgehead atoms. The van der Waals surface area contributed by atoms with Gasteiger partial charge in [-0.05, 0) is 128 Å². The van der Waals surface area contributed by atoms with Gasteiger partial charge in [-0.2, -0.15) is 0 Å². The van der Waals surface area contributed by atoms with E-state index in [0.29, 0.717) is 58.8 Å². The highest BCUT2D eigenvalue weighted by Gasteiger charge is 2.47. The number of benzene rings is 2. The number of carbonyl (C=O) groups is 4. The van der Waals surface area contributed by atoms with Crippen molar-refractivity contribution in [2.24, 2.45) is 0 Å². The Balaban J connectivity index is 0.000000155. The first-order valence-corrected chi connectivity index (χ1v) is 24.3. The summed E-state index contributed by atoms with van der Waals surface area (Å²) in [5, 5.41) is 33.8. The molecule has 18 heteroatoms. The maximum atomic E-state index is 13.3. The third-order valence-corrected chi connectivity index (χ3v) is 13.4. The van der Waals surface area contributed by atoms with Gasteiger partial charge in [-0.1, -0.05) is 39.3 Å². The first-order valence-electron chi connectivity index (χ1n) is 24.3. The molecule has 8 heterocycles. The number of aromatic hydroxyl groups is 1. The molecule has 4 aliphatic rings. The van der Waals surface area contributed by atoms with Crippen molar-refractivity contribution < 1.29 is 58.2 Å². The number of pyridine rings is 4. The van der Waals surface area contributed by atoms with Gasteiger partial charge in [0.1, 0.15) is 30.2 Å². The molecule has 0 amide bonds. The fourth-order valence-electron chi connectivity index (χ4n) is 9.84. The molecule has 2 unspecified atom stereocenters. The number of cyclic esters (lactones) is 2. The van der Waals surface area contributed by atoms with Crippen LogP contribution < -0.4 is 11.1 Å². The summed E-state index contributed by atoms with van der Waals surface area (Å²) in [7, 11) is 0. The van der Waals surface area contributed by atoms with Gasteiger partial charge in [0.15, 0.2) is 11.2 Å². The molecule has 18 nitrogen and oxygen atoms in total. The standard InChI is InChI=1S/C23H22N2O4.C22H20N2O5.C10H18O5/c1-4-13-14-8-12(3)6-7-18(14)24-20-15(13)10-25-19(20)9-17-16(21(25)26)11-29-22(27)23(17,28)5-2;1-3-12-13-7-11(25)5-6-17(13)23-19-14(12)9-24-18(19)8-16-15(20(24)26)10-29-21(27)22(16,28)4-2;1-9(2,3)14-7(11)13-8(12)15-10(4,5)6/h6-9,28H,4-5,10-11H2,1-3H3;5-8,25,28H,3-4,9-10H2,1-2H3;1-6H3. The van der Waals surface area contributed by atoms with Crippen molar-refractivity contribution in [3.8, 4) is 28.5 Å². The Morgan fingerprint density at radius 2 is 1.04 bits per heavy atom. The second-order valence-corrected chi connectivity index (χ2v) is 20.5. The first-order chi connectivity index (χ1) is 34.3. The number of aliphatic hydroxyl groups is 2. The number of phenolic OH excluding ortho intramolecular Hbond substituents is 1. The molecule has 0 saturated carbocycles. The summed E-state index contributed by atoms with van der Waals surface area (Å²) in [4.78, 5) is 82.7. The Morgan fingerprint density at radius 3 is 1.44 bits per heavy atom. The molecule has 0 radical (unpaired) electrons. The summed E-state index contributed by atoms with van der Waals surface area (Å²) in [6, 6.07) is 14.7. The van der Waals surface area contributed by atoms with Gasteiger partial charge in [0, 0.05) is 33.0 Å². The van der Waals surface area contributed by atoms with Gasteiger partial charge in [0.05, 0.1) is 58.0 Å². The summed E-state index contributed by atoms with van der Waals surface area (Å²) in [6.07, 6.45) is -0.326. The third-order valence-electron chi connectivity index (χ3n) is 13.4. The topological polar surface area (TPSA) is 245 Å². The molecule has 73 heavy (non-hydrogen) atoms. The van der Waals surface area contributed by atoms with Crippen LogP contribution in [0.1, 0.15) is 132 Å². The van der Waals surface area contributed by atoms with Crippen molar-refractivity contribution in [2.45, 2.75) is 151 Å². The Kier molecular flexibility index (Phi) is 13.4. The SMILES string of the molecule is CC(C)(C)OC(=O)OC(=O)OC(C)(C)C.CCc1c2c(nc3ccc(C)cc13)-c1cc3c(c(=O)n1C2)COC(=O)C3(O)CC.CCc1c2c(nc3ccc(O)cc13)-c1cc3c(c(=O)n1C2)COC(=O)C3(O)CC. The molecule has 2 atom stereocenters. The van der Waals surface area contributed by atoms with Crippen LogP contribution in [-0.2, 0) is 83.6 Å². The minimum atomic E-state index is -1.83. The van der Waals surface area contributed by atoms with Crippen LogP contribution in [-0.4, -0.2) is 69.9 Å². The van der Waals surface area contributed by atoms with Gasteiger partial charge < -0.3 is 48.1 Å². The van der Waals surface area contributed by atoms with Crippen molar-refractivity contribution in [3.63, 3.8) is 0 Å². The molecule has 4 aromatic heterocycles. The summed E-state index contributed by atoms with van der Waals surface area (Å²) in [5.74, 6) is -1.27. The molecule has 10 rings (SSSR count). The van der Waals surface area contributed by atoms with E-state index in [2.05, 4.69) is 24.7 Å². The molecule has 2 aromatic carbocycles. The van der Waals surface area contributed by atoms with Crippen LogP contribution in [0.3, 0.4) is 0 Å². The minimum Gasteiger partial charge on any atom is -0.508 e. The molecule has 0 saturated heterocycles. The van der Waals surface area contributed by atoms with Crippen molar-refractivity contribution in [3.05, 3.63) is 119 Å². The molecule has 6 aromatic rings. The van der Waals surface area contributed by atoms with Crippen LogP contribution >= 0.6 is 0 Å². The largest absolute Gasteiger partial charge is 0.519 e. The Morgan fingerprint density at radius 1 is 0.630 bits per heavy atom. The van der Waals surface area contributed by atoms with E-state index in [9.17, 15) is 44.1 Å². The number of esters is 2. The fraction of sp³-hybridized carbons (Fsp3) is 0.418. The zero-order chi connectivity index (χ0) is 53.3. The average Bonchev–Trinajstić information content (AvgIpc) is 3.88. The predicted octanol–water partition coefficient (Wildman–Crippen LogP) is 8.17. The zero-order valence-corrected chi connectivity index (χ0v) is 42.9. The van der Waals surface area contributed by atoms with Crippen LogP contribution in [0.15, 0.2) is 58.1 Å². The number of ether oxygens (including phenoxy) is 5. The summed E-state index contributed by atoms with van der Waals surface area (Å²) < 4.78 is 27.4. The molecule has 0 aliphatic carbocycles. The third kappa shape index (κ3) is 9.33. The number of hydrogen-bond donors (Lipinski definition) is 3. The second-order valence-electron chi connectivity index (χ2n) is 20.5. The lowest BCUT2D eigenvalue weighted by molar-refractivity contribution is -0.172. The molecule has 4 aliphatic heterocycles. The van der Waals surface area contributed by atoms with E-state index in [1.165, 1.54) is 11.1 Å². The summed E-state index contributed by atoms with van der Waals surface area (Å²) >= 11 is 0. The Labute approximate surface area is 420 Å². The maximum Gasteiger partial charge on any atom is 0.519 e. The fourth-order valence-corrected chi connectivity index (χ4v) is 9.84. The van der Waals surface area contributed by atoms with Gasteiger partial charge in [-0.3, -0.25) is 9.59 Å². The Bertz CT molecular complexity index is 3210. The van der Waals surface area contributed by atoms with E-state index in [0.717, 1.165) is 50.6 Å². The van der Waals surface area contributed by atoms with E-state index in [4.69, 9.17) is 28.9 Å². The van der Waals surface area contributed by atoms with Gasteiger partial charge >= 0.3 is 24.2 Å². The van der Waals surface area contributed by atoms with Crippen molar-refractivity contribution in [2.75, 3.05) is 0 Å². The molecule has 0 fully saturated rings.